The predicted octanol–water partition coefficient (Wildman–Crippen LogP) is 3.52. The SMILES string of the molecule is N#Cc1cc(F)ccc1-c1c(C(F)(F)F)cc2c(=O)[nH]c(=O)[nH]c2c1I. The number of aromatic nitrogens is 2. The standard InChI is InChI=1S/C16H6F4IN3O2/c17-7-1-2-8(6(3-7)5-22)11-10(16(18,19)20)4-9-13(12(11)21)23-15(26)24-14(9)25/h1-4H,(H2,23,24,25,26). The molecule has 132 valence electrons. The van der Waals surface area contributed by atoms with Gasteiger partial charge in [0.2, 0.25) is 0 Å². The van der Waals surface area contributed by atoms with E-state index in [1.54, 1.807) is 28.7 Å². The van der Waals surface area contributed by atoms with Gasteiger partial charge in [-0.3, -0.25) is 9.78 Å². The molecule has 0 bridgehead atoms. The zero-order valence-corrected chi connectivity index (χ0v) is 14.6. The molecule has 0 fully saturated rings. The lowest BCUT2D eigenvalue weighted by atomic mass is 9.94. The molecule has 26 heavy (non-hydrogen) atoms. The molecule has 5 nitrogen and oxygen atoms in total. The summed E-state index contributed by atoms with van der Waals surface area (Å²) in [4.78, 5) is 27.6. The average Bonchev–Trinajstić information content (AvgIpc) is 2.54. The summed E-state index contributed by atoms with van der Waals surface area (Å²) in [5.74, 6) is -0.778. The normalized spacial score (nSPS) is 11.5. The fourth-order valence-electron chi connectivity index (χ4n) is 2.58. The van der Waals surface area contributed by atoms with Crippen molar-refractivity contribution in [1.82, 2.24) is 9.97 Å². The first kappa shape index (κ1) is 18.1. The van der Waals surface area contributed by atoms with Crippen molar-refractivity contribution >= 4 is 33.5 Å². The van der Waals surface area contributed by atoms with Crippen LogP contribution in [-0.4, -0.2) is 9.97 Å². The van der Waals surface area contributed by atoms with Crippen molar-refractivity contribution in [3.05, 3.63) is 65.6 Å². The summed E-state index contributed by atoms with van der Waals surface area (Å²) in [7, 11) is 0. The van der Waals surface area contributed by atoms with Crippen LogP contribution in [0.3, 0.4) is 0 Å². The van der Waals surface area contributed by atoms with E-state index < -0.39 is 34.4 Å². The molecule has 1 heterocycles. The molecular formula is C16H6F4IN3O2. The van der Waals surface area contributed by atoms with Gasteiger partial charge in [0.1, 0.15) is 5.82 Å². The molecule has 0 unspecified atom stereocenters. The van der Waals surface area contributed by atoms with E-state index in [0.717, 1.165) is 18.2 Å². The number of hydrogen-bond donors (Lipinski definition) is 2. The lowest BCUT2D eigenvalue weighted by Crippen LogP contribution is -2.23. The van der Waals surface area contributed by atoms with E-state index >= 15 is 0 Å². The highest BCUT2D eigenvalue weighted by Crippen LogP contribution is 2.42. The number of nitrogens with one attached hydrogen (secondary N) is 2. The average molecular weight is 475 g/mol. The molecule has 0 spiro atoms. The molecule has 0 atom stereocenters. The maximum absolute atomic E-state index is 13.6. The first-order valence-electron chi connectivity index (χ1n) is 6.89. The second kappa shape index (κ2) is 6.24. The summed E-state index contributed by atoms with van der Waals surface area (Å²) in [6.07, 6.45) is -4.85. The lowest BCUT2D eigenvalue weighted by Gasteiger charge is -2.17. The first-order chi connectivity index (χ1) is 12.1. The van der Waals surface area contributed by atoms with Crippen molar-refractivity contribution in [3.8, 4) is 17.2 Å². The molecule has 0 saturated heterocycles. The molecule has 0 aliphatic carbocycles. The highest BCUT2D eigenvalue weighted by molar-refractivity contribution is 14.1. The van der Waals surface area contributed by atoms with Gasteiger partial charge in [-0.15, -0.1) is 0 Å². The minimum Gasteiger partial charge on any atom is -0.306 e. The number of nitriles is 1. The predicted molar refractivity (Wildman–Crippen MR) is 93.0 cm³/mol. The smallest absolute Gasteiger partial charge is 0.306 e. The molecule has 2 aromatic carbocycles. The lowest BCUT2D eigenvalue weighted by molar-refractivity contribution is -0.137. The highest BCUT2D eigenvalue weighted by atomic mass is 127. The van der Waals surface area contributed by atoms with E-state index in [0.29, 0.717) is 6.07 Å². The number of nitrogens with zero attached hydrogens (tertiary/aromatic N) is 1. The van der Waals surface area contributed by atoms with E-state index in [9.17, 15) is 32.4 Å². The molecule has 3 rings (SSSR count). The first-order valence-corrected chi connectivity index (χ1v) is 7.97. The molecule has 0 saturated carbocycles. The third-order valence-corrected chi connectivity index (χ3v) is 4.73. The number of alkyl halides is 3. The van der Waals surface area contributed by atoms with Crippen LogP contribution in [0, 0.1) is 20.7 Å². The van der Waals surface area contributed by atoms with Crippen molar-refractivity contribution in [2.45, 2.75) is 6.18 Å². The van der Waals surface area contributed by atoms with Crippen LogP contribution in [0.1, 0.15) is 11.1 Å². The minimum absolute atomic E-state index is 0.0845. The quantitative estimate of drug-likeness (QED) is 0.417. The molecule has 3 aromatic rings. The van der Waals surface area contributed by atoms with Gasteiger partial charge in [-0.05, 0) is 40.8 Å². The monoisotopic (exact) mass is 475 g/mol. The Morgan fingerprint density at radius 3 is 2.42 bits per heavy atom. The number of hydrogen-bond acceptors (Lipinski definition) is 3. The third kappa shape index (κ3) is 2.98. The summed E-state index contributed by atoms with van der Waals surface area (Å²) in [5, 5.41) is 8.82. The Kier molecular flexibility index (Phi) is 4.35. The van der Waals surface area contributed by atoms with E-state index in [1.807, 2.05) is 4.98 Å². The Labute approximate surface area is 155 Å². The molecule has 0 aliphatic heterocycles. The Morgan fingerprint density at radius 2 is 1.81 bits per heavy atom. The Balaban J connectivity index is 2.57. The van der Waals surface area contributed by atoms with Crippen molar-refractivity contribution in [2.24, 2.45) is 0 Å². The van der Waals surface area contributed by atoms with Crippen LogP contribution in [0.4, 0.5) is 17.6 Å². The number of aromatic amines is 2. The number of fused-ring (bicyclic) bond motifs is 1. The number of H-pyrrole nitrogens is 2. The zero-order chi connectivity index (χ0) is 19.2. The van der Waals surface area contributed by atoms with Gasteiger partial charge in [-0.1, -0.05) is 6.07 Å². The molecule has 2 N–H and O–H groups in total. The Bertz CT molecular complexity index is 1210. The van der Waals surface area contributed by atoms with Crippen LogP contribution in [-0.2, 0) is 6.18 Å². The van der Waals surface area contributed by atoms with Crippen molar-refractivity contribution in [2.75, 3.05) is 0 Å². The van der Waals surface area contributed by atoms with E-state index in [-0.39, 0.29) is 25.6 Å². The van der Waals surface area contributed by atoms with E-state index in [4.69, 9.17) is 0 Å². The summed E-state index contributed by atoms with van der Waals surface area (Å²) in [5.41, 5.74) is -4.01. The van der Waals surface area contributed by atoms with Gasteiger partial charge in [0.25, 0.3) is 5.56 Å². The number of halogens is 5. The van der Waals surface area contributed by atoms with Crippen molar-refractivity contribution in [3.63, 3.8) is 0 Å². The van der Waals surface area contributed by atoms with Gasteiger partial charge in [0.05, 0.1) is 28.1 Å². The largest absolute Gasteiger partial charge is 0.417 e. The fraction of sp³-hybridized carbons (Fsp3) is 0.0625. The summed E-state index contributed by atoms with van der Waals surface area (Å²) >= 11 is 1.56. The van der Waals surface area contributed by atoms with Gasteiger partial charge < -0.3 is 4.98 Å². The van der Waals surface area contributed by atoms with Gasteiger partial charge in [-0.2, -0.15) is 18.4 Å². The molecule has 0 amide bonds. The van der Waals surface area contributed by atoms with Crippen LogP contribution >= 0.6 is 22.6 Å². The molecule has 10 heteroatoms. The van der Waals surface area contributed by atoms with Crippen LogP contribution in [0.5, 0.6) is 0 Å². The molecular weight excluding hydrogens is 469 g/mol. The van der Waals surface area contributed by atoms with Crippen LogP contribution in [0.15, 0.2) is 33.9 Å². The number of rotatable bonds is 1. The summed E-state index contributed by atoms with van der Waals surface area (Å²) in [6, 6.07) is 5.06. The van der Waals surface area contributed by atoms with Gasteiger partial charge >= 0.3 is 11.9 Å². The maximum Gasteiger partial charge on any atom is 0.417 e. The van der Waals surface area contributed by atoms with Gasteiger partial charge in [0, 0.05) is 14.7 Å². The molecule has 0 radical (unpaired) electrons. The third-order valence-electron chi connectivity index (χ3n) is 3.65. The second-order valence-corrected chi connectivity index (χ2v) is 6.32. The molecule has 1 aromatic heterocycles. The maximum atomic E-state index is 13.6. The zero-order valence-electron chi connectivity index (χ0n) is 12.5. The van der Waals surface area contributed by atoms with Crippen LogP contribution in [0.25, 0.3) is 22.0 Å². The summed E-state index contributed by atoms with van der Waals surface area (Å²) < 4.78 is 54.2. The van der Waals surface area contributed by atoms with E-state index in [2.05, 4.69) is 4.98 Å². The van der Waals surface area contributed by atoms with Gasteiger partial charge in [-0.25, -0.2) is 9.18 Å². The van der Waals surface area contributed by atoms with Crippen molar-refractivity contribution < 1.29 is 17.6 Å². The van der Waals surface area contributed by atoms with Crippen LogP contribution in [0.2, 0.25) is 0 Å². The second-order valence-electron chi connectivity index (χ2n) is 5.24. The van der Waals surface area contributed by atoms with Crippen molar-refractivity contribution in [1.29, 1.82) is 5.26 Å². The minimum atomic E-state index is -4.85. The van der Waals surface area contributed by atoms with Gasteiger partial charge in [0.15, 0.2) is 0 Å². The highest BCUT2D eigenvalue weighted by Gasteiger charge is 2.36. The number of benzene rings is 2. The molecule has 0 aliphatic rings. The Hall–Kier alpha value is -2.68. The fourth-order valence-corrected chi connectivity index (χ4v) is 3.59. The summed E-state index contributed by atoms with van der Waals surface area (Å²) in [6.45, 7) is 0. The topological polar surface area (TPSA) is 89.5 Å². The Morgan fingerprint density at radius 1 is 1.12 bits per heavy atom. The van der Waals surface area contributed by atoms with Crippen LogP contribution < -0.4 is 11.2 Å². The van der Waals surface area contributed by atoms with E-state index in [1.165, 1.54) is 0 Å².